The minimum absolute atomic E-state index is 0.237. The van der Waals surface area contributed by atoms with Gasteiger partial charge in [0, 0.05) is 0 Å². The van der Waals surface area contributed by atoms with Gasteiger partial charge in [-0.25, -0.2) is 4.98 Å². The lowest BCUT2D eigenvalue weighted by atomic mass is 9.95. The lowest BCUT2D eigenvalue weighted by molar-refractivity contribution is 1.17. The topological polar surface area (TPSA) is 45.8 Å². The van der Waals surface area contributed by atoms with E-state index in [-0.39, 0.29) is 5.56 Å². The number of H-pyrrole nitrogens is 1. The Morgan fingerprint density at radius 3 is 3.00 bits per heavy atom. The smallest absolute Gasteiger partial charge is 0.258 e. The Hall–Kier alpha value is -1.29. The van der Waals surface area contributed by atoms with Crippen LogP contribution < -0.4 is 11.0 Å². The van der Waals surface area contributed by atoms with Crippen molar-refractivity contribution in [1.82, 2.24) is 9.97 Å². The number of nitrogens with one attached hydrogen (secondary N) is 1. The fourth-order valence-corrected chi connectivity index (χ4v) is 1.43. The molecule has 5 heteroatoms. The Labute approximate surface area is 80.2 Å². The normalized spacial score (nSPS) is 10.5. The summed E-state index contributed by atoms with van der Waals surface area (Å²) < 4.78 is 0. The number of hydrogen-bond donors (Lipinski definition) is 1. The summed E-state index contributed by atoms with van der Waals surface area (Å²) in [5, 5.41) is 0.800. The first-order chi connectivity index (χ1) is 6.18. The highest BCUT2D eigenvalue weighted by atomic mass is 35.5. The molecule has 1 heterocycles. The number of aromatic amines is 1. The van der Waals surface area contributed by atoms with Crippen LogP contribution in [0.3, 0.4) is 0 Å². The van der Waals surface area contributed by atoms with Crippen molar-refractivity contribution in [3.63, 3.8) is 0 Å². The van der Waals surface area contributed by atoms with Crippen molar-refractivity contribution in [2.45, 2.75) is 0 Å². The molecule has 0 atom stereocenters. The van der Waals surface area contributed by atoms with Crippen LogP contribution in [0.5, 0.6) is 0 Å². The fraction of sp³-hybridized carbons (Fsp3) is 0. The summed E-state index contributed by atoms with van der Waals surface area (Å²) in [6.45, 7) is 0. The van der Waals surface area contributed by atoms with Crippen molar-refractivity contribution < 1.29 is 0 Å². The lowest BCUT2D eigenvalue weighted by Gasteiger charge is -1.99. The second-order valence-electron chi connectivity index (χ2n) is 2.63. The molecule has 0 unspecified atom stereocenters. The molecule has 0 saturated carbocycles. The Bertz CT molecular complexity index is 523. The molecule has 0 aliphatic carbocycles. The summed E-state index contributed by atoms with van der Waals surface area (Å²) >= 11 is 5.84. The largest absolute Gasteiger partial charge is 0.313 e. The van der Waals surface area contributed by atoms with Crippen LogP contribution in [0, 0.1) is 0 Å². The summed E-state index contributed by atoms with van der Waals surface area (Å²) in [5.74, 6) is 0. The predicted octanol–water partition coefficient (Wildman–Crippen LogP) is 0.370. The van der Waals surface area contributed by atoms with Crippen LogP contribution in [0.4, 0.5) is 0 Å². The average molecular weight is 190 g/mol. The van der Waals surface area contributed by atoms with Crippen LogP contribution in [0.15, 0.2) is 23.3 Å². The number of fused-ring (bicyclic) bond motifs is 1. The molecule has 1 N–H and O–H groups in total. The van der Waals surface area contributed by atoms with Crippen LogP contribution in [0.1, 0.15) is 0 Å². The van der Waals surface area contributed by atoms with Crippen LogP contribution in [-0.4, -0.2) is 17.8 Å². The van der Waals surface area contributed by atoms with Crippen LogP contribution in [-0.2, 0) is 0 Å². The molecule has 2 rings (SSSR count). The Kier molecular flexibility index (Phi) is 1.85. The zero-order valence-corrected chi connectivity index (χ0v) is 7.30. The Morgan fingerprint density at radius 2 is 2.23 bits per heavy atom. The van der Waals surface area contributed by atoms with Gasteiger partial charge in [0.25, 0.3) is 5.56 Å². The van der Waals surface area contributed by atoms with E-state index in [1.165, 1.54) is 6.33 Å². The standard InChI is InChI=1S/C8H4BClN2O/c9-4-1-5-7(6(10)2-4)11-3-12-8(5)13/h1-3H,(H,11,12,13). The minimum atomic E-state index is -0.237. The molecule has 0 saturated heterocycles. The van der Waals surface area contributed by atoms with Gasteiger partial charge in [-0.05, 0) is 6.07 Å². The van der Waals surface area contributed by atoms with E-state index in [0.717, 1.165) is 0 Å². The van der Waals surface area contributed by atoms with Gasteiger partial charge in [-0.1, -0.05) is 23.1 Å². The SMILES string of the molecule is [B]c1cc(Cl)c2nc[nH]c(=O)c2c1. The molecule has 13 heavy (non-hydrogen) atoms. The average Bonchev–Trinajstić information content (AvgIpc) is 2.07. The van der Waals surface area contributed by atoms with Crippen molar-refractivity contribution in [2.75, 3.05) is 0 Å². The monoisotopic (exact) mass is 190 g/mol. The summed E-state index contributed by atoms with van der Waals surface area (Å²) in [6.07, 6.45) is 1.31. The highest BCUT2D eigenvalue weighted by Crippen LogP contribution is 2.15. The minimum Gasteiger partial charge on any atom is -0.313 e. The number of aromatic nitrogens is 2. The maximum absolute atomic E-state index is 11.3. The fourth-order valence-electron chi connectivity index (χ4n) is 1.16. The van der Waals surface area contributed by atoms with Gasteiger partial charge >= 0.3 is 0 Å². The van der Waals surface area contributed by atoms with E-state index >= 15 is 0 Å². The van der Waals surface area contributed by atoms with Gasteiger partial charge in [-0.15, -0.1) is 0 Å². The molecular formula is C8H4BClN2O. The van der Waals surface area contributed by atoms with E-state index in [1.807, 2.05) is 0 Å². The Balaban J connectivity index is 3.03. The summed E-state index contributed by atoms with van der Waals surface area (Å²) in [7, 11) is 5.53. The molecule has 3 nitrogen and oxygen atoms in total. The van der Waals surface area contributed by atoms with Crippen molar-refractivity contribution in [1.29, 1.82) is 0 Å². The third-order valence-electron chi connectivity index (χ3n) is 1.72. The molecule has 62 valence electrons. The van der Waals surface area contributed by atoms with E-state index in [9.17, 15) is 4.79 Å². The molecular weight excluding hydrogens is 186 g/mol. The van der Waals surface area contributed by atoms with E-state index in [4.69, 9.17) is 19.4 Å². The molecule has 1 aromatic carbocycles. The molecule has 0 spiro atoms. The van der Waals surface area contributed by atoms with Gasteiger partial charge < -0.3 is 4.98 Å². The number of benzene rings is 1. The molecule has 2 aromatic rings. The summed E-state index contributed by atoms with van der Waals surface area (Å²) in [6, 6.07) is 3.11. The predicted molar refractivity (Wildman–Crippen MR) is 52.8 cm³/mol. The van der Waals surface area contributed by atoms with Gasteiger partial charge in [0.05, 0.1) is 22.3 Å². The maximum atomic E-state index is 11.3. The lowest BCUT2D eigenvalue weighted by Crippen LogP contribution is -2.11. The molecule has 2 radical (unpaired) electrons. The van der Waals surface area contributed by atoms with Crippen LogP contribution in [0.2, 0.25) is 5.02 Å². The summed E-state index contributed by atoms with van der Waals surface area (Å²) in [5.41, 5.74) is 0.690. The van der Waals surface area contributed by atoms with Crippen molar-refractivity contribution in [3.05, 3.63) is 33.8 Å². The molecule has 0 fully saturated rings. The zero-order valence-electron chi connectivity index (χ0n) is 6.54. The first kappa shape index (κ1) is 8.32. The van der Waals surface area contributed by atoms with Crippen molar-refractivity contribution in [3.8, 4) is 0 Å². The van der Waals surface area contributed by atoms with Crippen molar-refractivity contribution >= 4 is 35.8 Å². The number of nitrogens with zero attached hydrogens (tertiary/aromatic N) is 1. The first-order valence-corrected chi connectivity index (χ1v) is 3.98. The molecule has 0 aliphatic rings. The summed E-state index contributed by atoms with van der Waals surface area (Å²) in [4.78, 5) is 17.7. The highest BCUT2D eigenvalue weighted by molar-refractivity contribution is 6.39. The number of hydrogen-bond acceptors (Lipinski definition) is 2. The van der Waals surface area contributed by atoms with E-state index in [1.54, 1.807) is 12.1 Å². The van der Waals surface area contributed by atoms with Gasteiger partial charge in [0.2, 0.25) is 0 Å². The van der Waals surface area contributed by atoms with Crippen LogP contribution in [0.25, 0.3) is 10.9 Å². The third-order valence-corrected chi connectivity index (χ3v) is 2.01. The van der Waals surface area contributed by atoms with E-state index < -0.39 is 0 Å². The number of halogens is 1. The quantitative estimate of drug-likeness (QED) is 0.610. The van der Waals surface area contributed by atoms with E-state index in [0.29, 0.717) is 21.4 Å². The maximum Gasteiger partial charge on any atom is 0.258 e. The second-order valence-corrected chi connectivity index (χ2v) is 3.04. The van der Waals surface area contributed by atoms with E-state index in [2.05, 4.69) is 9.97 Å². The van der Waals surface area contributed by atoms with Crippen molar-refractivity contribution in [2.24, 2.45) is 0 Å². The van der Waals surface area contributed by atoms with Gasteiger partial charge in [0.15, 0.2) is 0 Å². The highest BCUT2D eigenvalue weighted by Gasteiger charge is 2.03. The molecule has 1 aromatic heterocycles. The third kappa shape index (κ3) is 1.33. The molecule has 0 amide bonds. The second kappa shape index (κ2) is 2.89. The van der Waals surface area contributed by atoms with Crippen LogP contribution >= 0.6 is 11.6 Å². The van der Waals surface area contributed by atoms with Gasteiger partial charge in [-0.2, -0.15) is 0 Å². The van der Waals surface area contributed by atoms with Gasteiger partial charge in [0.1, 0.15) is 7.85 Å². The number of rotatable bonds is 0. The first-order valence-electron chi connectivity index (χ1n) is 3.61. The molecule has 0 bridgehead atoms. The van der Waals surface area contributed by atoms with Gasteiger partial charge in [-0.3, -0.25) is 4.79 Å². The Morgan fingerprint density at radius 1 is 1.46 bits per heavy atom. The zero-order chi connectivity index (χ0) is 9.42. The molecule has 0 aliphatic heterocycles.